The number of ether oxygens (including phenoxy) is 1. The van der Waals surface area contributed by atoms with E-state index in [9.17, 15) is 4.39 Å². The molecule has 0 saturated carbocycles. The summed E-state index contributed by atoms with van der Waals surface area (Å²) in [6.45, 7) is 4.37. The number of hydrogen-bond acceptors (Lipinski definition) is 4. The fourth-order valence-corrected chi connectivity index (χ4v) is 5.98. The minimum Gasteiger partial charge on any atom is -0.465 e. The molecule has 2 aliphatic rings. The number of thiazole rings is 1. The molecule has 29 heavy (non-hydrogen) atoms. The summed E-state index contributed by atoms with van der Waals surface area (Å²) in [5.41, 5.74) is 2.75. The Kier molecular flexibility index (Phi) is 4.84. The van der Waals surface area contributed by atoms with E-state index in [4.69, 9.17) is 16.3 Å². The van der Waals surface area contributed by atoms with Crippen molar-refractivity contribution in [3.05, 3.63) is 72.9 Å². The lowest BCUT2D eigenvalue weighted by Gasteiger charge is -2.40. The molecule has 0 radical (unpaired) electrons. The maximum atomic E-state index is 15.0. The second kappa shape index (κ2) is 7.25. The number of nitrogens with zero attached hydrogens (tertiary/aromatic N) is 2. The number of benzene rings is 2. The van der Waals surface area contributed by atoms with E-state index in [1.54, 1.807) is 11.3 Å². The topological polar surface area (TPSA) is 25.4 Å². The molecule has 150 valence electrons. The zero-order valence-electron chi connectivity index (χ0n) is 16.0. The maximum absolute atomic E-state index is 15.0. The van der Waals surface area contributed by atoms with Gasteiger partial charge in [-0.15, -0.1) is 11.3 Å². The maximum Gasteiger partial charge on any atom is 0.210 e. The van der Waals surface area contributed by atoms with E-state index in [0.29, 0.717) is 33.1 Å². The molecule has 3 aromatic rings. The quantitative estimate of drug-likeness (QED) is 0.389. The highest BCUT2D eigenvalue weighted by Crippen LogP contribution is 2.53. The van der Waals surface area contributed by atoms with E-state index >= 15 is 0 Å². The van der Waals surface area contributed by atoms with Gasteiger partial charge in [-0.2, -0.15) is 0 Å². The summed E-state index contributed by atoms with van der Waals surface area (Å²) >= 11 is 11.3. The zero-order valence-corrected chi connectivity index (χ0v) is 19.1. The van der Waals surface area contributed by atoms with Gasteiger partial charge in [0.15, 0.2) is 0 Å². The summed E-state index contributed by atoms with van der Waals surface area (Å²) in [6, 6.07) is 9.08. The zero-order chi connectivity index (χ0) is 20.3. The van der Waals surface area contributed by atoms with Crippen LogP contribution in [0, 0.1) is 11.7 Å². The third kappa shape index (κ3) is 3.35. The molecule has 1 unspecified atom stereocenters. The van der Waals surface area contributed by atoms with Crippen molar-refractivity contribution in [2.75, 3.05) is 4.90 Å². The van der Waals surface area contributed by atoms with Crippen molar-refractivity contribution in [1.29, 1.82) is 0 Å². The summed E-state index contributed by atoms with van der Waals surface area (Å²) in [6.07, 6.45) is 3.18. The molecule has 0 aliphatic carbocycles. The Labute approximate surface area is 186 Å². The molecule has 2 atom stereocenters. The molecule has 3 nitrogen and oxygen atoms in total. The number of aromatic nitrogens is 1. The molecule has 7 heteroatoms. The van der Waals surface area contributed by atoms with Gasteiger partial charge in [0.25, 0.3) is 0 Å². The lowest BCUT2D eigenvalue weighted by Crippen LogP contribution is -2.37. The van der Waals surface area contributed by atoms with Gasteiger partial charge >= 0.3 is 0 Å². The summed E-state index contributed by atoms with van der Waals surface area (Å²) in [5, 5.41) is 1.78. The number of anilines is 1. The average Bonchev–Trinajstić information content (AvgIpc) is 3.23. The normalized spacial score (nSPS) is 19.7. The Hall–Kier alpha value is -1.63. The lowest BCUT2D eigenvalue weighted by atomic mass is 9.99. The van der Waals surface area contributed by atoms with Crippen LogP contribution in [0.4, 0.5) is 10.1 Å². The molecule has 0 spiro atoms. The first-order chi connectivity index (χ1) is 13.9. The van der Waals surface area contributed by atoms with Crippen molar-refractivity contribution in [2.24, 2.45) is 5.92 Å². The van der Waals surface area contributed by atoms with Crippen LogP contribution in [0.15, 0.2) is 41.0 Å². The molecule has 0 N–H and O–H groups in total. The Bertz CT molecular complexity index is 1100. The Morgan fingerprint density at radius 3 is 2.97 bits per heavy atom. The monoisotopic (exact) mass is 492 g/mol. The van der Waals surface area contributed by atoms with Crippen molar-refractivity contribution in [3.8, 4) is 5.75 Å². The minimum absolute atomic E-state index is 0.138. The fourth-order valence-electron chi connectivity index (χ4n) is 4.21. The summed E-state index contributed by atoms with van der Waals surface area (Å²) in [4.78, 5) is 7.82. The van der Waals surface area contributed by atoms with Crippen molar-refractivity contribution >= 4 is 44.6 Å². The number of rotatable bonds is 3. The fraction of sp³-hybridized carbons (Fsp3) is 0.318. The van der Waals surface area contributed by atoms with Crippen LogP contribution < -0.4 is 9.64 Å². The smallest absolute Gasteiger partial charge is 0.210 e. The van der Waals surface area contributed by atoms with E-state index in [0.717, 1.165) is 27.6 Å². The van der Waals surface area contributed by atoms with Gasteiger partial charge in [-0.3, -0.25) is 0 Å². The second-order valence-electron chi connectivity index (χ2n) is 7.92. The van der Waals surface area contributed by atoms with Gasteiger partial charge < -0.3 is 9.64 Å². The van der Waals surface area contributed by atoms with E-state index in [1.807, 2.05) is 30.5 Å². The second-order valence-corrected chi connectivity index (χ2v) is 10.4. The van der Waals surface area contributed by atoms with Crippen LogP contribution in [-0.4, -0.2) is 4.98 Å². The van der Waals surface area contributed by atoms with Crippen LogP contribution in [0.1, 0.15) is 47.1 Å². The van der Waals surface area contributed by atoms with Gasteiger partial charge in [0, 0.05) is 27.8 Å². The number of fused-ring (bicyclic) bond motifs is 5. The molecule has 2 aromatic carbocycles. The molecule has 3 heterocycles. The van der Waals surface area contributed by atoms with E-state index < -0.39 is 0 Å². The van der Waals surface area contributed by atoms with Crippen molar-refractivity contribution in [3.63, 3.8) is 0 Å². The van der Waals surface area contributed by atoms with E-state index in [1.165, 1.54) is 6.07 Å². The van der Waals surface area contributed by atoms with E-state index in [2.05, 4.69) is 39.7 Å². The van der Waals surface area contributed by atoms with Crippen LogP contribution in [-0.2, 0) is 12.8 Å². The molecule has 1 aromatic heterocycles. The molecule has 0 fully saturated rings. The van der Waals surface area contributed by atoms with Crippen molar-refractivity contribution < 1.29 is 9.13 Å². The third-order valence-electron chi connectivity index (χ3n) is 5.35. The standard InChI is InChI=1S/C22H19BrClFN2OS/c1-11(2)5-20-26-10-19(29-20)22-27-16-4-3-14(24)6-12(16)7-17(27)21-15(25)8-13(23)9-18(21)28-22/h3-4,6,8-11,17,22H,5,7H2,1-2H3/t17-,22?/m0/s1. The first-order valence-corrected chi connectivity index (χ1v) is 11.6. The van der Waals surface area contributed by atoms with Crippen molar-refractivity contribution in [1.82, 2.24) is 4.98 Å². The molecular formula is C22H19BrClFN2OS. The molecule has 2 aliphatic heterocycles. The Balaban J connectivity index is 1.64. The highest BCUT2D eigenvalue weighted by Gasteiger charge is 2.44. The van der Waals surface area contributed by atoms with Crippen LogP contribution in [0.2, 0.25) is 5.02 Å². The van der Waals surface area contributed by atoms with Gasteiger partial charge in [0.2, 0.25) is 6.23 Å². The number of halogens is 3. The Morgan fingerprint density at radius 2 is 2.17 bits per heavy atom. The molecule has 0 saturated heterocycles. The highest BCUT2D eigenvalue weighted by molar-refractivity contribution is 9.10. The van der Waals surface area contributed by atoms with Crippen LogP contribution in [0.5, 0.6) is 5.75 Å². The average molecular weight is 494 g/mol. The summed E-state index contributed by atoms with van der Waals surface area (Å²) in [7, 11) is 0. The minimum atomic E-state index is -0.345. The summed E-state index contributed by atoms with van der Waals surface area (Å²) in [5.74, 6) is 0.863. The SMILES string of the molecule is CC(C)Cc1ncc(C2Oc3cc(Br)cc(F)c3[C@@H]3Cc4cc(Cl)ccc4N23)s1. The van der Waals surface area contributed by atoms with Gasteiger partial charge in [-0.25, -0.2) is 9.37 Å². The predicted molar refractivity (Wildman–Crippen MR) is 119 cm³/mol. The third-order valence-corrected chi connectivity index (χ3v) is 7.09. The van der Waals surface area contributed by atoms with Gasteiger partial charge in [0.1, 0.15) is 11.6 Å². The van der Waals surface area contributed by atoms with E-state index in [-0.39, 0.29) is 18.1 Å². The predicted octanol–water partition coefficient (Wildman–Crippen LogP) is 7.09. The van der Waals surface area contributed by atoms with Crippen LogP contribution >= 0.6 is 38.9 Å². The van der Waals surface area contributed by atoms with Gasteiger partial charge in [-0.05, 0) is 48.2 Å². The highest BCUT2D eigenvalue weighted by atomic mass is 79.9. The summed E-state index contributed by atoms with van der Waals surface area (Å²) < 4.78 is 22.0. The Morgan fingerprint density at radius 1 is 1.34 bits per heavy atom. The van der Waals surface area contributed by atoms with Crippen molar-refractivity contribution in [2.45, 2.75) is 39.0 Å². The molecule has 5 rings (SSSR count). The van der Waals surface area contributed by atoms with Gasteiger partial charge in [0.05, 0.1) is 21.5 Å². The molecule has 0 bridgehead atoms. The largest absolute Gasteiger partial charge is 0.465 e. The lowest BCUT2D eigenvalue weighted by molar-refractivity contribution is 0.167. The first kappa shape index (κ1) is 19.3. The van der Waals surface area contributed by atoms with Crippen LogP contribution in [0.25, 0.3) is 0 Å². The van der Waals surface area contributed by atoms with Gasteiger partial charge in [-0.1, -0.05) is 41.4 Å². The molecular weight excluding hydrogens is 475 g/mol. The number of hydrogen-bond donors (Lipinski definition) is 0. The molecule has 0 amide bonds. The first-order valence-electron chi connectivity index (χ1n) is 9.57. The van der Waals surface area contributed by atoms with Crippen LogP contribution in [0.3, 0.4) is 0 Å².